The molecule has 7 N–H and O–H groups in total. The molecule has 12 nitrogen and oxygen atoms in total. The van der Waals surface area contributed by atoms with Gasteiger partial charge in [0.1, 0.15) is 0 Å². The number of allylic oxidation sites excluding steroid dienone is 1. The van der Waals surface area contributed by atoms with Crippen molar-refractivity contribution in [2.45, 2.75) is 165 Å². The zero-order chi connectivity index (χ0) is 34.9. The Kier molecular flexibility index (Phi) is 13.8. The van der Waals surface area contributed by atoms with Crippen LogP contribution >= 0.6 is 0 Å². The molecule has 0 aromatic carbocycles. The minimum absolute atomic E-state index is 0.0214. The van der Waals surface area contributed by atoms with Crippen molar-refractivity contribution >= 4 is 17.8 Å². The molecule has 0 aliphatic carbocycles. The number of unbranched alkanes of at least 4 members (excludes halogenated alkanes) is 4. The molecule has 2 spiro atoms. The maximum absolute atomic E-state index is 14.0. The summed E-state index contributed by atoms with van der Waals surface area (Å²) >= 11 is 0. The summed E-state index contributed by atoms with van der Waals surface area (Å²) in [6.45, 7) is 6.44. The van der Waals surface area contributed by atoms with Crippen LogP contribution in [-0.2, 0) is 23.8 Å². The van der Waals surface area contributed by atoms with Crippen LogP contribution in [0.4, 0.5) is 0 Å². The molecule has 5 aliphatic rings. The zero-order valence-corrected chi connectivity index (χ0v) is 30.2. The summed E-state index contributed by atoms with van der Waals surface area (Å²) in [5.74, 6) is 0.454. The van der Waals surface area contributed by atoms with Crippen molar-refractivity contribution in [1.29, 1.82) is 0 Å². The third-order valence-electron chi connectivity index (χ3n) is 11.3. The van der Waals surface area contributed by atoms with Gasteiger partial charge in [-0.05, 0) is 84.2 Å². The maximum Gasteiger partial charge on any atom is 0.350 e. The Bertz CT molecular complexity index is 1170. The second-order valence-corrected chi connectivity index (χ2v) is 15.1. The Morgan fingerprint density at radius 2 is 1.90 bits per heavy atom. The largest absolute Gasteiger partial charge is 0.465 e. The number of nitrogens with one attached hydrogen (secondary N) is 2. The quantitative estimate of drug-likeness (QED) is 0.0664. The van der Waals surface area contributed by atoms with E-state index in [1.807, 2.05) is 0 Å². The number of aliphatic hydroxyl groups excluding tert-OH is 1. The van der Waals surface area contributed by atoms with Gasteiger partial charge >= 0.3 is 11.9 Å². The molecular weight excluding hydrogens is 624 g/mol. The Balaban J connectivity index is 1.13. The molecule has 0 aromatic rings. The Hall–Kier alpha value is -2.25. The van der Waals surface area contributed by atoms with Crippen molar-refractivity contribution < 1.29 is 33.5 Å². The molecule has 5 heterocycles. The summed E-state index contributed by atoms with van der Waals surface area (Å²) in [5.41, 5.74) is 9.99. The average Bonchev–Trinajstić information content (AvgIpc) is 3.38. The van der Waals surface area contributed by atoms with Crippen molar-refractivity contribution in [2.24, 2.45) is 17.4 Å². The van der Waals surface area contributed by atoms with Crippen molar-refractivity contribution in [3.63, 3.8) is 0 Å². The predicted octanol–water partition coefficient (Wildman–Crippen LogP) is 3.00. The Morgan fingerprint density at radius 3 is 2.67 bits per heavy atom. The van der Waals surface area contributed by atoms with Gasteiger partial charge < -0.3 is 35.7 Å². The van der Waals surface area contributed by atoms with Crippen LogP contribution in [0.1, 0.15) is 123 Å². The van der Waals surface area contributed by atoms with E-state index >= 15 is 0 Å². The summed E-state index contributed by atoms with van der Waals surface area (Å²) in [7, 11) is 0. The van der Waals surface area contributed by atoms with E-state index in [4.69, 9.17) is 25.7 Å². The van der Waals surface area contributed by atoms with Crippen molar-refractivity contribution in [1.82, 2.24) is 15.5 Å². The molecular formula is C37H65N6O6+. The van der Waals surface area contributed by atoms with Gasteiger partial charge in [-0.25, -0.2) is 10.6 Å². The number of hydrogen-bond donors (Lipinski definition) is 5. The van der Waals surface area contributed by atoms with E-state index in [-0.39, 0.29) is 30.1 Å². The van der Waals surface area contributed by atoms with Crippen molar-refractivity contribution in [2.75, 3.05) is 32.8 Å². The summed E-state index contributed by atoms with van der Waals surface area (Å²) in [6.07, 6.45) is 18.5. The van der Waals surface area contributed by atoms with Crippen LogP contribution in [-0.4, -0.2) is 107 Å². The van der Waals surface area contributed by atoms with E-state index in [1.54, 1.807) is 4.90 Å². The fourth-order valence-electron chi connectivity index (χ4n) is 8.86. The van der Waals surface area contributed by atoms with Crippen molar-refractivity contribution in [3.8, 4) is 0 Å². The number of rotatable bonds is 17. The summed E-state index contributed by atoms with van der Waals surface area (Å²) in [5, 5.41) is 17.8. The number of aliphatic hydroxyl groups is 1. The summed E-state index contributed by atoms with van der Waals surface area (Å²) in [4.78, 5) is 28.6. The van der Waals surface area contributed by atoms with E-state index in [2.05, 4.69) is 41.2 Å². The van der Waals surface area contributed by atoms with Crippen LogP contribution in [0, 0.1) is 5.92 Å². The molecule has 8 atom stereocenters. The first-order valence-corrected chi connectivity index (χ1v) is 19.5. The third-order valence-corrected chi connectivity index (χ3v) is 11.3. The number of amides is 1. The highest BCUT2D eigenvalue weighted by Gasteiger charge is 2.64. The summed E-state index contributed by atoms with van der Waals surface area (Å²) < 4.78 is 22.0. The predicted molar refractivity (Wildman–Crippen MR) is 188 cm³/mol. The molecule has 49 heavy (non-hydrogen) atoms. The van der Waals surface area contributed by atoms with E-state index in [1.165, 1.54) is 0 Å². The first kappa shape index (κ1) is 38.0. The van der Waals surface area contributed by atoms with E-state index in [9.17, 15) is 14.7 Å². The molecule has 278 valence electrons. The Morgan fingerprint density at radius 1 is 1.08 bits per heavy atom. The monoisotopic (exact) mass is 689 g/mol. The van der Waals surface area contributed by atoms with Crippen LogP contribution in [0.15, 0.2) is 12.2 Å². The second kappa shape index (κ2) is 17.8. The lowest BCUT2D eigenvalue weighted by molar-refractivity contribution is -0.609. The number of carbonyl (C=O) groups excluding carboxylic acids is 2. The van der Waals surface area contributed by atoms with Gasteiger partial charge in [0.15, 0.2) is 11.6 Å². The molecule has 0 radical (unpaired) electrons. The highest BCUT2D eigenvalue weighted by Crippen LogP contribution is 2.45. The van der Waals surface area contributed by atoms with Crippen LogP contribution in [0.2, 0.25) is 0 Å². The van der Waals surface area contributed by atoms with Gasteiger partial charge in [-0.15, -0.1) is 0 Å². The van der Waals surface area contributed by atoms with Crippen LogP contribution < -0.4 is 22.1 Å². The zero-order valence-electron chi connectivity index (χ0n) is 30.2. The number of nitrogens with zero attached hydrogens (tertiary/aromatic N) is 2. The standard InChI is InChI=1S/C37H64N6O6/c1-3-30-14-8-9-19-36(49-30)25-28-16-17-31-33(37(20-11-13-27(2)48-37)41-35(40-36)43(28)31)34(46)47-24-10-6-4-5-7-15-32(45)42(23-12-21-38)26-29(44)18-22-39/h8,14,27-31,33,44H,3-7,9-13,15-26,38-39H2,1-2H3,(H,40,41)/p+1/t27-,28+,29+,30+,31-,33-,36+,37-/m1/s1. The lowest BCUT2D eigenvalue weighted by atomic mass is 9.80. The number of esters is 1. The average molecular weight is 690 g/mol. The smallest absolute Gasteiger partial charge is 0.350 e. The van der Waals surface area contributed by atoms with Crippen LogP contribution in [0.25, 0.3) is 0 Å². The topological polar surface area (TPSA) is 164 Å². The van der Waals surface area contributed by atoms with Crippen LogP contribution in [0.3, 0.4) is 0 Å². The first-order valence-electron chi connectivity index (χ1n) is 19.5. The molecule has 5 rings (SSSR count). The minimum atomic E-state index is -0.802. The molecule has 0 bridgehead atoms. The fourth-order valence-corrected chi connectivity index (χ4v) is 8.86. The van der Waals surface area contributed by atoms with Gasteiger partial charge in [0.05, 0.1) is 37.0 Å². The molecule has 0 aromatic heterocycles. The van der Waals surface area contributed by atoms with Gasteiger partial charge in [-0.1, -0.05) is 38.3 Å². The summed E-state index contributed by atoms with van der Waals surface area (Å²) in [6, 6.07) is 0.321. The molecule has 0 saturated carbocycles. The molecule has 12 heteroatoms. The van der Waals surface area contributed by atoms with Crippen molar-refractivity contribution in [3.05, 3.63) is 12.2 Å². The van der Waals surface area contributed by atoms with Gasteiger partial charge in [-0.3, -0.25) is 14.2 Å². The normalized spacial score (nSPS) is 32.7. The highest BCUT2D eigenvalue weighted by molar-refractivity contribution is 5.82. The molecule has 5 aliphatic heterocycles. The van der Waals surface area contributed by atoms with E-state index in [0.717, 1.165) is 95.9 Å². The lowest BCUT2D eigenvalue weighted by Crippen LogP contribution is -2.76. The maximum atomic E-state index is 14.0. The molecule has 0 unspecified atom stereocenters. The van der Waals surface area contributed by atoms with Gasteiger partial charge in [0.2, 0.25) is 11.6 Å². The fraction of sp³-hybridized carbons (Fsp3) is 0.865. The molecule has 2 fully saturated rings. The number of ether oxygens (including phenoxy) is 3. The second-order valence-electron chi connectivity index (χ2n) is 15.1. The van der Waals surface area contributed by atoms with Gasteiger partial charge in [0.25, 0.3) is 0 Å². The SMILES string of the molecule is CC[C@H]1C=CCC[C@@]2(C[C@@H]3CC[C@@H]4[C@H](C(=O)OCCCCCCCC(=O)N(CCCN)C[C@@H](O)CCN)[C@]5(CCC[C@@H](C)O5)NC(=[N+]34)N2)O1. The van der Waals surface area contributed by atoms with E-state index in [0.29, 0.717) is 58.1 Å². The van der Waals surface area contributed by atoms with Gasteiger partial charge in [0, 0.05) is 38.8 Å². The van der Waals surface area contributed by atoms with E-state index < -0.39 is 23.5 Å². The minimum Gasteiger partial charge on any atom is -0.465 e. The lowest BCUT2D eigenvalue weighted by Gasteiger charge is -2.50. The van der Waals surface area contributed by atoms with Gasteiger partial charge in [-0.2, -0.15) is 0 Å². The molecule has 1 amide bonds. The van der Waals surface area contributed by atoms with Crippen LogP contribution in [0.5, 0.6) is 0 Å². The number of hydrogen-bond acceptors (Lipinski definition) is 10. The number of nitrogens with two attached hydrogens (primary N) is 2. The first-order chi connectivity index (χ1) is 23.7. The molecule has 2 saturated heterocycles. The Labute approximate surface area is 293 Å². The number of carbonyl (C=O) groups is 2. The highest BCUT2D eigenvalue weighted by atomic mass is 16.6. The number of guanidine groups is 1. The third kappa shape index (κ3) is 9.36.